The lowest BCUT2D eigenvalue weighted by molar-refractivity contribution is -0.117. The van der Waals surface area contributed by atoms with Crippen molar-refractivity contribution in [3.05, 3.63) is 77.2 Å². The third-order valence-corrected chi connectivity index (χ3v) is 4.80. The molecular formula is C21H19FN4O3. The topological polar surface area (TPSA) is 88.3 Å². The van der Waals surface area contributed by atoms with Crippen molar-refractivity contribution in [2.24, 2.45) is 0 Å². The first-order chi connectivity index (χ1) is 14.0. The molecule has 1 aliphatic heterocycles. The minimum absolute atomic E-state index is 0.0811. The van der Waals surface area contributed by atoms with Crippen molar-refractivity contribution in [3.63, 3.8) is 0 Å². The number of nitrogens with zero attached hydrogens (tertiary/aromatic N) is 3. The number of rotatable bonds is 5. The summed E-state index contributed by atoms with van der Waals surface area (Å²) in [6.45, 7) is 2.14. The largest absolute Gasteiger partial charge is 0.343 e. The molecule has 2 heterocycles. The molecule has 0 bridgehead atoms. The summed E-state index contributed by atoms with van der Waals surface area (Å²) in [6.07, 6.45) is 0.169. The van der Waals surface area contributed by atoms with E-state index in [0.29, 0.717) is 11.4 Å². The molecule has 2 aromatic carbocycles. The number of amides is 2. The van der Waals surface area contributed by atoms with Gasteiger partial charge < -0.3 is 14.7 Å². The second-order valence-corrected chi connectivity index (χ2v) is 6.96. The smallest absolute Gasteiger partial charge is 0.251 e. The van der Waals surface area contributed by atoms with Gasteiger partial charge in [0.25, 0.3) is 5.91 Å². The Hall–Kier alpha value is -3.55. The first-order valence-electron chi connectivity index (χ1n) is 9.23. The number of anilines is 1. The van der Waals surface area contributed by atoms with Crippen molar-refractivity contribution >= 4 is 17.5 Å². The molecule has 0 saturated carbocycles. The lowest BCUT2D eigenvalue weighted by Crippen LogP contribution is -2.25. The van der Waals surface area contributed by atoms with Crippen LogP contribution in [0.15, 0.2) is 53.1 Å². The number of aromatic nitrogens is 2. The number of carbonyl (C=O) groups is 2. The van der Waals surface area contributed by atoms with Crippen LogP contribution >= 0.6 is 0 Å². The van der Waals surface area contributed by atoms with E-state index in [1.807, 2.05) is 6.07 Å². The number of nitrogens with one attached hydrogen (secondary N) is 1. The molecule has 1 fully saturated rings. The van der Waals surface area contributed by atoms with Crippen LogP contribution in [-0.2, 0) is 11.3 Å². The fourth-order valence-electron chi connectivity index (χ4n) is 3.30. The highest BCUT2D eigenvalue weighted by atomic mass is 19.1. The van der Waals surface area contributed by atoms with Gasteiger partial charge in [-0.1, -0.05) is 29.4 Å². The number of halogens is 1. The van der Waals surface area contributed by atoms with Crippen LogP contribution in [0.3, 0.4) is 0 Å². The predicted octanol–water partition coefficient (Wildman–Crippen LogP) is 2.97. The van der Waals surface area contributed by atoms with Crippen LogP contribution in [0.25, 0.3) is 0 Å². The molecule has 3 aromatic rings. The lowest BCUT2D eigenvalue weighted by atomic mass is 10.1. The SMILES string of the molecule is Cc1ccc(N2CC(c3noc(CNC(=O)c4ccccc4)n3)CC2=O)c(F)c1. The summed E-state index contributed by atoms with van der Waals surface area (Å²) in [5.74, 6) is -0.556. The third-order valence-electron chi connectivity index (χ3n) is 4.80. The minimum Gasteiger partial charge on any atom is -0.343 e. The van der Waals surface area contributed by atoms with Gasteiger partial charge in [-0.15, -0.1) is 0 Å². The van der Waals surface area contributed by atoms with E-state index >= 15 is 0 Å². The molecule has 8 heteroatoms. The molecule has 0 radical (unpaired) electrons. The highest BCUT2D eigenvalue weighted by Crippen LogP contribution is 2.32. The minimum atomic E-state index is -0.434. The Morgan fingerprint density at radius 2 is 2.07 bits per heavy atom. The van der Waals surface area contributed by atoms with E-state index in [1.165, 1.54) is 11.0 Å². The number of carbonyl (C=O) groups excluding carboxylic acids is 2. The van der Waals surface area contributed by atoms with Gasteiger partial charge in [0.05, 0.1) is 12.2 Å². The van der Waals surface area contributed by atoms with Gasteiger partial charge in [-0.25, -0.2) is 4.39 Å². The Morgan fingerprint density at radius 1 is 1.28 bits per heavy atom. The normalized spacial score (nSPS) is 16.3. The van der Waals surface area contributed by atoms with E-state index in [2.05, 4.69) is 15.5 Å². The summed E-state index contributed by atoms with van der Waals surface area (Å²) in [5.41, 5.74) is 1.57. The summed E-state index contributed by atoms with van der Waals surface area (Å²) in [4.78, 5) is 30.2. The van der Waals surface area contributed by atoms with Gasteiger partial charge in [0.2, 0.25) is 11.8 Å². The molecule has 1 unspecified atom stereocenters. The van der Waals surface area contributed by atoms with Crippen molar-refractivity contribution in [1.82, 2.24) is 15.5 Å². The molecule has 1 N–H and O–H groups in total. The van der Waals surface area contributed by atoms with E-state index < -0.39 is 5.82 Å². The molecule has 0 aliphatic carbocycles. The summed E-state index contributed by atoms with van der Waals surface area (Å²) in [7, 11) is 0. The van der Waals surface area contributed by atoms with E-state index in [-0.39, 0.29) is 48.8 Å². The fourth-order valence-corrected chi connectivity index (χ4v) is 3.30. The molecule has 1 aromatic heterocycles. The Bertz CT molecular complexity index is 1050. The second-order valence-electron chi connectivity index (χ2n) is 6.96. The number of aryl methyl sites for hydroxylation is 1. The van der Waals surface area contributed by atoms with Crippen LogP contribution in [-0.4, -0.2) is 28.5 Å². The van der Waals surface area contributed by atoms with Crippen molar-refractivity contribution in [3.8, 4) is 0 Å². The highest BCUT2D eigenvalue weighted by molar-refractivity contribution is 5.96. The predicted molar refractivity (Wildman–Crippen MR) is 103 cm³/mol. The molecular weight excluding hydrogens is 375 g/mol. The molecule has 1 atom stereocenters. The zero-order valence-corrected chi connectivity index (χ0v) is 15.8. The molecule has 1 aliphatic rings. The van der Waals surface area contributed by atoms with Gasteiger partial charge in [0.1, 0.15) is 5.82 Å². The number of benzene rings is 2. The van der Waals surface area contributed by atoms with E-state index in [1.54, 1.807) is 43.3 Å². The van der Waals surface area contributed by atoms with Gasteiger partial charge in [0, 0.05) is 24.4 Å². The standard InChI is InChI=1S/C21H19FN4O3/c1-13-7-8-17(16(22)9-13)26-12-15(10-19(26)27)20-24-18(29-25-20)11-23-21(28)14-5-3-2-4-6-14/h2-9,15H,10-12H2,1H3,(H,23,28). The average molecular weight is 394 g/mol. The molecule has 1 saturated heterocycles. The highest BCUT2D eigenvalue weighted by Gasteiger charge is 2.35. The van der Waals surface area contributed by atoms with Gasteiger partial charge in [-0.3, -0.25) is 9.59 Å². The van der Waals surface area contributed by atoms with Gasteiger partial charge in [-0.05, 0) is 36.8 Å². The Labute approximate surface area is 166 Å². The van der Waals surface area contributed by atoms with Crippen molar-refractivity contribution < 1.29 is 18.5 Å². The fraction of sp³-hybridized carbons (Fsp3) is 0.238. The Morgan fingerprint density at radius 3 is 2.83 bits per heavy atom. The van der Waals surface area contributed by atoms with Crippen LogP contribution in [0.2, 0.25) is 0 Å². The van der Waals surface area contributed by atoms with E-state index in [4.69, 9.17) is 4.52 Å². The Kier molecular flexibility index (Phi) is 5.07. The molecule has 148 valence electrons. The summed E-state index contributed by atoms with van der Waals surface area (Å²) < 4.78 is 19.4. The number of hydrogen-bond acceptors (Lipinski definition) is 5. The average Bonchev–Trinajstić information content (AvgIpc) is 3.34. The van der Waals surface area contributed by atoms with Gasteiger partial charge >= 0.3 is 0 Å². The van der Waals surface area contributed by atoms with Crippen LogP contribution in [0, 0.1) is 12.7 Å². The molecule has 7 nitrogen and oxygen atoms in total. The van der Waals surface area contributed by atoms with Crippen molar-refractivity contribution in [1.29, 1.82) is 0 Å². The molecule has 4 rings (SSSR count). The maximum atomic E-state index is 14.2. The zero-order chi connectivity index (χ0) is 20.4. The second kappa shape index (κ2) is 7.83. The zero-order valence-electron chi connectivity index (χ0n) is 15.8. The van der Waals surface area contributed by atoms with Crippen LogP contribution in [0.1, 0.15) is 40.0 Å². The molecule has 0 spiro atoms. The maximum Gasteiger partial charge on any atom is 0.251 e. The first-order valence-corrected chi connectivity index (χ1v) is 9.23. The van der Waals surface area contributed by atoms with Gasteiger partial charge in [0.15, 0.2) is 5.82 Å². The van der Waals surface area contributed by atoms with Crippen LogP contribution in [0.5, 0.6) is 0 Å². The molecule has 2 amide bonds. The quantitative estimate of drug-likeness (QED) is 0.719. The summed E-state index contributed by atoms with van der Waals surface area (Å²) in [6, 6.07) is 13.6. The number of hydrogen-bond donors (Lipinski definition) is 1. The maximum absolute atomic E-state index is 14.2. The Balaban J connectivity index is 1.41. The monoisotopic (exact) mass is 394 g/mol. The summed E-state index contributed by atoms with van der Waals surface area (Å²) >= 11 is 0. The summed E-state index contributed by atoms with van der Waals surface area (Å²) in [5, 5.41) is 6.65. The van der Waals surface area contributed by atoms with Gasteiger partial charge in [-0.2, -0.15) is 4.98 Å². The third kappa shape index (κ3) is 4.01. The van der Waals surface area contributed by atoms with Crippen LogP contribution in [0.4, 0.5) is 10.1 Å². The lowest BCUT2D eigenvalue weighted by Gasteiger charge is -2.17. The van der Waals surface area contributed by atoms with E-state index in [0.717, 1.165) is 5.56 Å². The first kappa shape index (κ1) is 18.8. The van der Waals surface area contributed by atoms with Crippen LogP contribution < -0.4 is 10.2 Å². The van der Waals surface area contributed by atoms with E-state index in [9.17, 15) is 14.0 Å². The van der Waals surface area contributed by atoms with Crippen molar-refractivity contribution in [2.45, 2.75) is 25.8 Å². The van der Waals surface area contributed by atoms with Crippen molar-refractivity contribution in [2.75, 3.05) is 11.4 Å². The molecule has 29 heavy (non-hydrogen) atoms.